The van der Waals surface area contributed by atoms with E-state index in [1.807, 2.05) is 19.1 Å². The van der Waals surface area contributed by atoms with E-state index in [2.05, 4.69) is 15.6 Å². The van der Waals surface area contributed by atoms with E-state index in [0.717, 1.165) is 0 Å². The van der Waals surface area contributed by atoms with Crippen molar-refractivity contribution in [2.24, 2.45) is 22.2 Å². The molecule has 1 aromatic carbocycles. The molecule has 1 atom stereocenters. The molecule has 9 nitrogen and oxygen atoms in total. The van der Waals surface area contributed by atoms with Crippen molar-refractivity contribution in [1.29, 1.82) is 0 Å². The number of amides is 2. The van der Waals surface area contributed by atoms with Crippen molar-refractivity contribution in [2.75, 3.05) is 20.1 Å². The lowest BCUT2D eigenvalue weighted by Gasteiger charge is -2.14. The van der Waals surface area contributed by atoms with E-state index in [1.54, 1.807) is 19.2 Å². The number of phenols is 1. The number of carbonyl (C=O) groups excluding carboxylic acids is 2. The number of carbonyl (C=O) groups is 2. The number of benzene rings is 1. The number of nitrogens with zero attached hydrogens (tertiary/aromatic N) is 1. The normalized spacial score (nSPS) is 10.8. The molecule has 2 amide bonds. The second-order valence-electron chi connectivity index (χ2n) is 5.31. The maximum Gasteiger partial charge on any atom is 0.237 e. The smallest absolute Gasteiger partial charge is 0.237 e. The molecule has 0 heterocycles. The van der Waals surface area contributed by atoms with Gasteiger partial charge in [-0.15, -0.1) is 0 Å². The van der Waals surface area contributed by atoms with Gasteiger partial charge in [-0.1, -0.05) is 17.7 Å². The molecule has 0 saturated carbocycles. The van der Waals surface area contributed by atoms with Crippen molar-refractivity contribution in [3.8, 4) is 5.75 Å². The van der Waals surface area contributed by atoms with Crippen molar-refractivity contribution in [2.45, 2.75) is 25.8 Å². The van der Waals surface area contributed by atoms with Gasteiger partial charge >= 0.3 is 0 Å². The molecule has 0 radical (unpaired) electrons. The van der Waals surface area contributed by atoms with Crippen molar-refractivity contribution in [3.05, 3.63) is 29.8 Å². The summed E-state index contributed by atoms with van der Waals surface area (Å²) >= 11 is 0. The van der Waals surface area contributed by atoms with E-state index >= 15 is 0 Å². The molecule has 0 aliphatic carbocycles. The lowest BCUT2D eigenvalue weighted by Crippen LogP contribution is -2.45. The van der Waals surface area contributed by atoms with Crippen LogP contribution in [0.1, 0.15) is 18.4 Å². The Labute approximate surface area is 147 Å². The van der Waals surface area contributed by atoms with Gasteiger partial charge in [0.1, 0.15) is 5.75 Å². The number of hydrogen-bond acceptors (Lipinski definition) is 5. The number of aryl methyl sites for hydroxylation is 1. The van der Waals surface area contributed by atoms with E-state index in [0.29, 0.717) is 25.1 Å². The van der Waals surface area contributed by atoms with E-state index in [-0.39, 0.29) is 24.5 Å². The minimum absolute atomic E-state index is 0.0317. The zero-order chi connectivity index (χ0) is 19.2. The standard InChI is InChI=1S/C9H20N6O2.C7H8O/c1-13-6(3-2-4-14-9(11)12)8(17)15-5-7(10)16;1-6-2-4-7(8)5-3-6/h6,13H,2-5H2,1H3,(H2,10,16)(H,15,17)(H4,11,12,14);2-5,8H,1H3. The molecular formula is C16H28N6O3. The molecule has 9 N–H and O–H groups in total. The summed E-state index contributed by atoms with van der Waals surface area (Å²) in [5, 5.41) is 14.0. The Kier molecular flexibility index (Phi) is 11.2. The number of likely N-dealkylation sites (N-methyl/N-ethyl adjacent to an activating group) is 1. The van der Waals surface area contributed by atoms with Crippen LogP contribution in [0.3, 0.4) is 0 Å². The van der Waals surface area contributed by atoms with Crippen molar-refractivity contribution in [1.82, 2.24) is 10.6 Å². The maximum atomic E-state index is 11.5. The van der Waals surface area contributed by atoms with Crippen LogP contribution in [-0.2, 0) is 9.59 Å². The first kappa shape index (κ1) is 22.2. The maximum absolute atomic E-state index is 11.5. The lowest BCUT2D eigenvalue weighted by molar-refractivity contribution is -0.126. The van der Waals surface area contributed by atoms with Gasteiger partial charge in [-0.05, 0) is 38.9 Å². The minimum Gasteiger partial charge on any atom is -0.508 e. The van der Waals surface area contributed by atoms with Crippen molar-refractivity contribution >= 4 is 17.8 Å². The van der Waals surface area contributed by atoms with Crippen LogP contribution in [0.25, 0.3) is 0 Å². The molecule has 0 aliphatic rings. The predicted molar refractivity (Wildman–Crippen MR) is 97.8 cm³/mol. The Balaban J connectivity index is 0.000000593. The zero-order valence-corrected chi connectivity index (χ0v) is 14.7. The Morgan fingerprint density at radius 3 is 2.24 bits per heavy atom. The van der Waals surface area contributed by atoms with Crippen LogP contribution >= 0.6 is 0 Å². The minimum atomic E-state index is -0.575. The Morgan fingerprint density at radius 2 is 1.80 bits per heavy atom. The molecule has 1 aromatic rings. The summed E-state index contributed by atoms with van der Waals surface area (Å²) in [6, 6.07) is 6.71. The second kappa shape index (κ2) is 12.6. The van der Waals surface area contributed by atoms with Gasteiger partial charge in [-0.2, -0.15) is 0 Å². The van der Waals surface area contributed by atoms with Gasteiger partial charge in [0.2, 0.25) is 11.8 Å². The predicted octanol–water partition coefficient (Wildman–Crippen LogP) is -1.07. The highest BCUT2D eigenvalue weighted by atomic mass is 16.3. The molecule has 0 bridgehead atoms. The zero-order valence-electron chi connectivity index (χ0n) is 14.7. The van der Waals surface area contributed by atoms with Gasteiger partial charge in [0.25, 0.3) is 0 Å². The first-order valence-corrected chi connectivity index (χ1v) is 7.80. The Morgan fingerprint density at radius 1 is 1.20 bits per heavy atom. The molecule has 0 saturated heterocycles. The van der Waals surface area contributed by atoms with Crippen LogP contribution in [0.2, 0.25) is 0 Å². The number of primary amides is 1. The van der Waals surface area contributed by atoms with E-state index in [4.69, 9.17) is 22.3 Å². The molecule has 0 spiro atoms. The molecule has 0 aliphatic heterocycles. The second-order valence-corrected chi connectivity index (χ2v) is 5.31. The van der Waals surface area contributed by atoms with Gasteiger partial charge in [0.05, 0.1) is 12.6 Å². The van der Waals surface area contributed by atoms with E-state index < -0.39 is 5.91 Å². The third-order valence-corrected chi connectivity index (χ3v) is 3.08. The first-order chi connectivity index (χ1) is 11.8. The Hall–Kier alpha value is -2.81. The third kappa shape index (κ3) is 12.3. The molecular weight excluding hydrogens is 324 g/mol. The van der Waals surface area contributed by atoms with Crippen molar-refractivity contribution < 1.29 is 14.7 Å². The fraction of sp³-hybridized carbons (Fsp3) is 0.438. The molecule has 0 fully saturated rings. The Bertz CT molecular complexity index is 534. The average Bonchev–Trinajstić information content (AvgIpc) is 2.56. The fourth-order valence-corrected chi connectivity index (χ4v) is 1.75. The summed E-state index contributed by atoms with van der Waals surface area (Å²) in [5.41, 5.74) is 16.4. The van der Waals surface area contributed by atoms with Crippen LogP contribution in [0.15, 0.2) is 29.3 Å². The highest BCUT2D eigenvalue weighted by Gasteiger charge is 2.15. The number of hydrogen-bond donors (Lipinski definition) is 6. The summed E-state index contributed by atoms with van der Waals surface area (Å²) in [7, 11) is 1.66. The number of nitrogens with one attached hydrogen (secondary N) is 2. The van der Waals surface area contributed by atoms with Gasteiger partial charge in [0, 0.05) is 6.54 Å². The number of rotatable bonds is 8. The average molecular weight is 352 g/mol. The molecule has 140 valence electrons. The van der Waals surface area contributed by atoms with Crippen LogP contribution in [0, 0.1) is 6.92 Å². The summed E-state index contributed by atoms with van der Waals surface area (Å²) < 4.78 is 0. The molecule has 0 aromatic heterocycles. The summed E-state index contributed by atoms with van der Waals surface area (Å²) in [6.45, 7) is 2.29. The van der Waals surface area contributed by atoms with E-state index in [1.165, 1.54) is 5.56 Å². The quantitative estimate of drug-likeness (QED) is 0.198. The highest BCUT2D eigenvalue weighted by Crippen LogP contribution is 2.07. The number of nitrogens with two attached hydrogens (primary N) is 3. The SMILES string of the molecule is CNC(CCCN=C(N)N)C(=O)NCC(N)=O.Cc1ccc(O)cc1. The van der Waals surface area contributed by atoms with Crippen LogP contribution < -0.4 is 27.8 Å². The van der Waals surface area contributed by atoms with E-state index in [9.17, 15) is 9.59 Å². The summed E-state index contributed by atoms with van der Waals surface area (Å²) in [6.07, 6.45) is 1.23. The number of aliphatic imine (C=N–C) groups is 1. The van der Waals surface area contributed by atoms with Gasteiger partial charge < -0.3 is 32.9 Å². The number of aromatic hydroxyl groups is 1. The van der Waals surface area contributed by atoms with Crippen LogP contribution in [-0.4, -0.2) is 49.1 Å². The molecule has 1 rings (SSSR count). The molecule has 9 heteroatoms. The van der Waals surface area contributed by atoms with Crippen LogP contribution in [0.4, 0.5) is 0 Å². The summed E-state index contributed by atoms with van der Waals surface area (Å²) in [4.78, 5) is 25.8. The third-order valence-electron chi connectivity index (χ3n) is 3.08. The van der Waals surface area contributed by atoms with Gasteiger partial charge in [-0.3, -0.25) is 14.6 Å². The largest absolute Gasteiger partial charge is 0.508 e. The van der Waals surface area contributed by atoms with Gasteiger partial charge in [-0.25, -0.2) is 0 Å². The van der Waals surface area contributed by atoms with Crippen LogP contribution in [0.5, 0.6) is 5.75 Å². The fourth-order valence-electron chi connectivity index (χ4n) is 1.75. The van der Waals surface area contributed by atoms with Crippen molar-refractivity contribution in [3.63, 3.8) is 0 Å². The number of phenolic OH excluding ortho intramolecular Hbond substituents is 1. The molecule has 25 heavy (non-hydrogen) atoms. The monoisotopic (exact) mass is 352 g/mol. The highest BCUT2D eigenvalue weighted by molar-refractivity contribution is 5.86. The first-order valence-electron chi connectivity index (χ1n) is 7.80. The topological polar surface area (TPSA) is 169 Å². The van der Waals surface area contributed by atoms with Gasteiger partial charge in [0.15, 0.2) is 5.96 Å². The number of guanidine groups is 1. The lowest BCUT2D eigenvalue weighted by atomic mass is 10.1. The summed E-state index contributed by atoms with van der Waals surface area (Å²) in [5.74, 6) is -0.482. The molecule has 1 unspecified atom stereocenters.